The second-order valence-electron chi connectivity index (χ2n) is 6.78. The summed E-state index contributed by atoms with van der Waals surface area (Å²) < 4.78 is 7.23. The summed E-state index contributed by atoms with van der Waals surface area (Å²) in [5.41, 5.74) is 4.66. The van der Waals surface area contributed by atoms with Crippen molar-refractivity contribution in [3.63, 3.8) is 0 Å². The maximum Gasteiger partial charge on any atom is 0.332 e. The number of nitrogens with two attached hydrogens (primary N) is 1. The maximum atomic E-state index is 12.8. The molecule has 0 atom stereocenters. The van der Waals surface area contributed by atoms with E-state index in [0.717, 1.165) is 4.57 Å². The summed E-state index contributed by atoms with van der Waals surface area (Å²) in [5, 5.41) is 0. The van der Waals surface area contributed by atoms with Crippen molar-refractivity contribution in [1.82, 2.24) is 14.0 Å². The van der Waals surface area contributed by atoms with Gasteiger partial charge in [0.2, 0.25) is 0 Å². The number of nitrogens with zero attached hydrogens (tertiary/aromatic N) is 3. The van der Waals surface area contributed by atoms with E-state index in [4.69, 9.17) is 10.5 Å². The lowest BCUT2D eigenvalue weighted by atomic mass is 9.96. The smallest absolute Gasteiger partial charge is 0.332 e. The molecule has 1 saturated heterocycles. The van der Waals surface area contributed by atoms with Crippen molar-refractivity contribution in [2.75, 3.05) is 32.0 Å². The van der Waals surface area contributed by atoms with Crippen molar-refractivity contribution >= 4 is 17.6 Å². The van der Waals surface area contributed by atoms with Crippen LogP contribution in [0, 0.1) is 5.92 Å². The summed E-state index contributed by atoms with van der Waals surface area (Å²) in [6.45, 7) is 5.49. The van der Waals surface area contributed by atoms with Gasteiger partial charge in [0.15, 0.2) is 5.78 Å². The fraction of sp³-hybridized carbons (Fsp3) is 0.667. The molecule has 0 aromatic carbocycles. The van der Waals surface area contributed by atoms with Gasteiger partial charge in [0.05, 0.1) is 19.1 Å². The number of carbonyl (C=O) groups excluding carboxylic acids is 2. The molecule has 9 heteroatoms. The highest BCUT2D eigenvalue weighted by molar-refractivity contribution is 6.01. The number of aromatic nitrogens is 2. The maximum absolute atomic E-state index is 12.8. The number of anilines is 1. The van der Waals surface area contributed by atoms with Gasteiger partial charge in [-0.3, -0.25) is 28.4 Å². The predicted molar refractivity (Wildman–Crippen MR) is 101 cm³/mol. The van der Waals surface area contributed by atoms with Gasteiger partial charge < -0.3 is 10.5 Å². The van der Waals surface area contributed by atoms with Crippen LogP contribution in [0.15, 0.2) is 9.59 Å². The first-order valence-electron chi connectivity index (χ1n) is 9.33. The van der Waals surface area contributed by atoms with Gasteiger partial charge in [0.1, 0.15) is 11.4 Å². The molecule has 1 fully saturated rings. The highest BCUT2D eigenvalue weighted by Gasteiger charge is 2.28. The third-order valence-corrected chi connectivity index (χ3v) is 4.88. The monoisotopic (exact) mass is 380 g/mol. The molecule has 2 N–H and O–H groups in total. The summed E-state index contributed by atoms with van der Waals surface area (Å²) in [5.74, 6) is -0.835. The number of ketones is 1. The molecule has 0 bridgehead atoms. The molecule has 0 unspecified atom stereocenters. The minimum atomic E-state index is -0.670. The number of piperidine rings is 1. The Bertz CT molecular complexity index is 818. The Kier molecular flexibility index (Phi) is 6.95. The van der Waals surface area contributed by atoms with Crippen molar-refractivity contribution < 1.29 is 14.3 Å². The van der Waals surface area contributed by atoms with E-state index < -0.39 is 17.0 Å². The van der Waals surface area contributed by atoms with Gasteiger partial charge in [-0.2, -0.15) is 0 Å². The van der Waals surface area contributed by atoms with E-state index in [9.17, 15) is 19.2 Å². The molecule has 0 amide bonds. The number of hydrogen-bond acceptors (Lipinski definition) is 7. The van der Waals surface area contributed by atoms with Gasteiger partial charge in [-0.25, -0.2) is 4.79 Å². The zero-order chi connectivity index (χ0) is 20.1. The molecule has 0 radical (unpaired) electrons. The lowest BCUT2D eigenvalue weighted by molar-refractivity contribution is -0.149. The van der Waals surface area contributed by atoms with E-state index in [2.05, 4.69) is 0 Å². The molecule has 0 aliphatic carbocycles. The van der Waals surface area contributed by atoms with Crippen LogP contribution >= 0.6 is 0 Å². The number of ether oxygens (including phenoxy) is 1. The average Bonchev–Trinajstić information content (AvgIpc) is 2.64. The second kappa shape index (κ2) is 8.98. The van der Waals surface area contributed by atoms with Crippen LogP contribution in [0.2, 0.25) is 0 Å². The lowest BCUT2D eigenvalue weighted by Crippen LogP contribution is -2.45. The van der Waals surface area contributed by atoms with E-state index in [1.165, 1.54) is 11.6 Å². The molecule has 1 aliphatic rings. The summed E-state index contributed by atoms with van der Waals surface area (Å²) in [7, 11) is 1.35. The molecule has 27 heavy (non-hydrogen) atoms. The largest absolute Gasteiger partial charge is 0.466 e. The van der Waals surface area contributed by atoms with Crippen LogP contribution in [0.5, 0.6) is 0 Å². The third kappa shape index (κ3) is 4.47. The quantitative estimate of drug-likeness (QED) is 0.522. The standard InChI is InChI=1S/C18H28N4O5/c1-4-8-22-15(19)14(16(24)20(3)18(22)26)13(23)11-21-9-6-12(7-10-21)17(25)27-5-2/h12H,4-11,19H2,1-3H3. The van der Waals surface area contributed by atoms with Crippen LogP contribution in [0.25, 0.3) is 0 Å². The van der Waals surface area contributed by atoms with Crippen molar-refractivity contribution in [2.45, 2.75) is 39.7 Å². The molecular formula is C18H28N4O5. The molecular weight excluding hydrogens is 352 g/mol. The minimum Gasteiger partial charge on any atom is -0.466 e. The molecule has 9 nitrogen and oxygen atoms in total. The Morgan fingerprint density at radius 2 is 1.81 bits per heavy atom. The SMILES string of the molecule is CCCn1c(N)c(C(=O)CN2CCC(C(=O)OCC)CC2)c(=O)n(C)c1=O. The highest BCUT2D eigenvalue weighted by atomic mass is 16.5. The van der Waals surface area contributed by atoms with Crippen LogP contribution in [-0.4, -0.2) is 52.0 Å². The Morgan fingerprint density at radius 3 is 2.37 bits per heavy atom. The average molecular weight is 380 g/mol. The summed E-state index contributed by atoms with van der Waals surface area (Å²) >= 11 is 0. The number of hydrogen-bond donors (Lipinski definition) is 1. The Hall–Kier alpha value is -2.42. The predicted octanol–water partition coefficient (Wildman–Crippen LogP) is -0.00300. The van der Waals surface area contributed by atoms with E-state index in [1.807, 2.05) is 11.8 Å². The Labute approximate surface area is 157 Å². The third-order valence-electron chi connectivity index (χ3n) is 4.88. The van der Waals surface area contributed by atoms with Crippen molar-refractivity contribution in [3.05, 3.63) is 26.4 Å². The molecule has 2 rings (SSSR count). The molecule has 2 heterocycles. The fourth-order valence-electron chi connectivity index (χ4n) is 3.35. The fourth-order valence-corrected chi connectivity index (χ4v) is 3.35. The highest BCUT2D eigenvalue weighted by Crippen LogP contribution is 2.19. The Balaban J connectivity index is 2.15. The zero-order valence-corrected chi connectivity index (χ0v) is 16.2. The van der Waals surface area contributed by atoms with Crippen LogP contribution in [0.1, 0.15) is 43.5 Å². The van der Waals surface area contributed by atoms with Crippen LogP contribution in [-0.2, 0) is 23.1 Å². The minimum absolute atomic E-state index is 0.0271. The van der Waals surface area contributed by atoms with Gasteiger partial charge in [0, 0.05) is 13.6 Å². The van der Waals surface area contributed by atoms with Crippen molar-refractivity contribution in [3.8, 4) is 0 Å². The normalized spacial score (nSPS) is 15.7. The molecule has 1 aliphatic heterocycles. The number of esters is 1. The molecule has 1 aromatic heterocycles. The van der Waals surface area contributed by atoms with Gasteiger partial charge in [-0.15, -0.1) is 0 Å². The van der Waals surface area contributed by atoms with E-state index >= 15 is 0 Å². The van der Waals surface area contributed by atoms with Gasteiger partial charge in [-0.05, 0) is 39.3 Å². The number of Topliss-reactive ketones (excluding diaryl/α,β-unsaturated/α-hetero) is 1. The number of carbonyl (C=O) groups is 2. The van der Waals surface area contributed by atoms with Gasteiger partial charge in [-0.1, -0.05) is 6.92 Å². The first-order chi connectivity index (χ1) is 12.8. The van der Waals surface area contributed by atoms with Crippen LogP contribution in [0.3, 0.4) is 0 Å². The van der Waals surface area contributed by atoms with Crippen LogP contribution in [0.4, 0.5) is 5.82 Å². The molecule has 0 saturated carbocycles. The molecule has 0 spiro atoms. The van der Waals surface area contributed by atoms with Gasteiger partial charge in [0.25, 0.3) is 5.56 Å². The van der Waals surface area contributed by atoms with Gasteiger partial charge >= 0.3 is 11.7 Å². The first kappa shape index (κ1) is 20.9. The number of rotatable bonds is 7. The summed E-state index contributed by atoms with van der Waals surface area (Å²) in [6, 6.07) is 0. The lowest BCUT2D eigenvalue weighted by Gasteiger charge is -2.30. The van der Waals surface area contributed by atoms with E-state index in [0.29, 0.717) is 45.5 Å². The van der Waals surface area contributed by atoms with E-state index in [1.54, 1.807) is 6.92 Å². The van der Waals surface area contributed by atoms with Crippen LogP contribution < -0.4 is 17.0 Å². The molecule has 1 aromatic rings. The zero-order valence-electron chi connectivity index (χ0n) is 16.2. The summed E-state index contributed by atoms with van der Waals surface area (Å²) in [4.78, 5) is 51.1. The number of likely N-dealkylation sites (tertiary alicyclic amines) is 1. The first-order valence-corrected chi connectivity index (χ1v) is 9.33. The van der Waals surface area contributed by atoms with Crippen molar-refractivity contribution in [2.24, 2.45) is 13.0 Å². The molecule has 150 valence electrons. The summed E-state index contributed by atoms with van der Waals surface area (Å²) in [6.07, 6.45) is 1.86. The van der Waals surface area contributed by atoms with Crippen molar-refractivity contribution in [1.29, 1.82) is 0 Å². The topological polar surface area (TPSA) is 117 Å². The second-order valence-corrected chi connectivity index (χ2v) is 6.78. The van der Waals surface area contributed by atoms with E-state index in [-0.39, 0.29) is 29.8 Å². The number of nitrogen functional groups attached to an aromatic ring is 1. The Morgan fingerprint density at radius 1 is 1.19 bits per heavy atom.